The Bertz CT molecular complexity index is 1630. The first-order chi connectivity index (χ1) is 23.3. The molecule has 0 aliphatic heterocycles. The molecule has 1 heterocycles. The van der Waals surface area contributed by atoms with Gasteiger partial charge in [0.25, 0.3) is 0 Å². The monoisotopic (exact) mass is 678 g/mol. The Morgan fingerprint density at radius 2 is 1.29 bits per heavy atom. The number of hydrogen-bond acceptors (Lipinski definition) is 8. The molecule has 264 valence electrons. The summed E-state index contributed by atoms with van der Waals surface area (Å²) in [6.07, 6.45) is 2.88. The molecule has 0 saturated carbocycles. The molecule has 17 nitrogen and oxygen atoms in total. The van der Waals surface area contributed by atoms with Crippen molar-refractivity contribution in [3.8, 4) is 5.75 Å². The normalized spacial score (nSPS) is 13.3. The summed E-state index contributed by atoms with van der Waals surface area (Å²) in [6, 6.07) is 9.13. The zero-order valence-corrected chi connectivity index (χ0v) is 27.1. The minimum Gasteiger partial charge on any atom is -0.508 e. The van der Waals surface area contributed by atoms with Crippen molar-refractivity contribution in [2.45, 2.75) is 62.7 Å². The molecule has 49 heavy (non-hydrogen) atoms. The number of fused-ring (bicyclic) bond motifs is 1. The van der Waals surface area contributed by atoms with Crippen molar-refractivity contribution in [3.05, 3.63) is 65.9 Å². The zero-order valence-electron chi connectivity index (χ0n) is 27.1. The lowest BCUT2D eigenvalue weighted by atomic mass is 10.0. The smallest absolute Gasteiger partial charge is 0.243 e. The molecule has 3 aromatic rings. The fourth-order valence-corrected chi connectivity index (χ4v) is 5.07. The van der Waals surface area contributed by atoms with E-state index in [0.717, 1.165) is 16.5 Å². The number of aromatic amines is 1. The number of phenolic OH excluding ortho intramolecular Hbond substituents is 1. The largest absolute Gasteiger partial charge is 0.508 e. The second kappa shape index (κ2) is 18.5. The highest BCUT2D eigenvalue weighted by Crippen LogP contribution is 2.19. The van der Waals surface area contributed by atoms with Gasteiger partial charge in [-0.2, -0.15) is 0 Å². The predicted octanol–water partition coefficient (Wildman–Crippen LogP) is -1.97. The average Bonchev–Trinajstić information content (AvgIpc) is 3.46. The third kappa shape index (κ3) is 12.4. The Morgan fingerprint density at radius 1 is 0.714 bits per heavy atom. The van der Waals surface area contributed by atoms with Crippen LogP contribution < -0.4 is 50.4 Å². The van der Waals surface area contributed by atoms with Crippen molar-refractivity contribution >= 4 is 46.5 Å². The van der Waals surface area contributed by atoms with Crippen LogP contribution in [0.3, 0.4) is 0 Å². The number of nitrogens with two attached hydrogens (primary N) is 6. The molecule has 0 saturated heterocycles. The fourth-order valence-electron chi connectivity index (χ4n) is 5.07. The number of carbonyl (C=O) groups is 4. The summed E-state index contributed by atoms with van der Waals surface area (Å²) >= 11 is 0. The quantitative estimate of drug-likeness (QED) is 0.0377. The van der Waals surface area contributed by atoms with Gasteiger partial charge < -0.3 is 60.4 Å². The van der Waals surface area contributed by atoms with E-state index in [0.29, 0.717) is 12.0 Å². The number of guanidine groups is 2. The number of benzene rings is 2. The molecule has 0 unspecified atom stereocenters. The molecule has 4 amide bonds. The number of aromatic hydroxyl groups is 1. The van der Waals surface area contributed by atoms with Gasteiger partial charge in [-0.3, -0.25) is 29.2 Å². The van der Waals surface area contributed by atoms with Gasteiger partial charge in [-0.1, -0.05) is 30.3 Å². The summed E-state index contributed by atoms with van der Waals surface area (Å²) < 4.78 is 0. The van der Waals surface area contributed by atoms with E-state index in [9.17, 15) is 24.3 Å². The molecule has 0 aliphatic rings. The Labute approximate surface area is 283 Å². The van der Waals surface area contributed by atoms with E-state index in [2.05, 4.69) is 30.9 Å². The lowest BCUT2D eigenvalue weighted by Crippen LogP contribution is -2.58. The lowest BCUT2D eigenvalue weighted by Gasteiger charge is -2.25. The summed E-state index contributed by atoms with van der Waals surface area (Å²) in [7, 11) is 0. The van der Waals surface area contributed by atoms with Crippen LogP contribution in [0.15, 0.2) is 64.7 Å². The number of para-hydroxylation sites is 1. The zero-order chi connectivity index (χ0) is 35.9. The van der Waals surface area contributed by atoms with Crippen LogP contribution in [0.2, 0.25) is 0 Å². The van der Waals surface area contributed by atoms with Crippen molar-refractivity contribution in [1.29, 1.82) is 0 Å². The highest BCUT2D eigenvalue weighted by atomic mass is 16.3. The Balaban J connectivity index is 1.83. The van der Waals surface area contributed by atoms with Gasteiger partial charge in [0.05, 0.1) is 6.04 Å². The van der Waals surface area contributed by atoms with E-state index in [-0.39, 0.29) is 62.9 Å². The molecular formula is C32H46N12O5. The van der Waals surface area contributed by atoms with E-state index in [4.69, 9.17) is 34.4 Å². The molecule has 0 radical (unpaired) electrons. The number of aliphatic imine (C=N–C) groups is 2. The van der Waals surface area contributed by atoms with E-state index >= 15 is 0 Å². The molecule has 4 atom stereocenters. The first-order valence-electron chi connectivity index (χ1n) is 15.7. The van der Waals surface area contributed by atoms with Gasteiger partial charge in [-0.05, 0) is 55.0 Å². The van der Waals surface area contributed by atoms with E-state index in [1.807, 2.05) is 24.3 Å². The lowest BCUT2D eigenvalue weighted by molar-refractivity contribution is -0.133. The number of phenols is 1. The van der Waals surface area contributed by atoms with Gasteiger partial charge in [0.2, 0.25) is 23.6 Å². The second-order valence-corrected chi connectivity index (χ2v) is 11.5. The number of aromatic nitrogens is 1. The van der Waals surface area contributed by atoms with E-state index in [1.165, 1.54) is 12.1 Å². The average molecular weight is 679 g/mol. The highest BCUT2D eigenvalue weighted by Gasteiger charge is 2.30. The maximum Gasteiger partial charge on any atom is 0.243 e. The van der Waals surface area contributed by atoms with Crippen LogP contribution in [-0.4, -0.2) is 82.9 Å². The SMILES string of the molecule is NC(=O)[C@H](Cc1ccc(O)cc1)NC(=O)[C@H](CCCN=C(N)N)NC(=O)[C@H](Cc1c[nH]c2ccccc12)NC(=O)[C@@H](N)CCCN=C(N)N. The number of amides is 4. The molecule has 17 N–H and O–H groups in total. The van der Waals surface area contributed by atoms with Crippen molar-refractivity contribution in [2.24, 2.45) is 44.4 Å². The number of primary amides is 1. The molecule has 0 aliphatic carbocycles. The minimum absolute atomic E-state index is 0.0353. The van der Waals surface area contributed by atoms with Crippen LogP contribution in [0, 0.1) is 0 Å². The number of nitrogens with zero attached hydrogens (tertiary/aromatic N) is 2. The Hall–Kier alpha value is -5.84. The van der Waals surface area contributed by atoms with E-state index in [1.54, 1.807) is 18.3 Å². The Kier molecular flexibility index (Phi) is 14.2. The highest BCUT2D eigenvalue weighted by molar-refractivity contribution is 5.95. The Morgan fingerprint density at radius 3 is 1.92 bits per heavy atom. The first kappa shape index (κ1) is 37.6. The fraction of sp³-hybridized carbons (Fsp3) is 0.375. The van der Waals surface area contributed by atoms with E-state index < -0.39 is 47.8 Å². The van der Waals surface area contributed by atoms with Crippen molar-refractivity contribution in [2.75, 3.05) is 13.1 Å². The maximum atomic E-state index is 13.9. The second-order valence-electron chi connectivity index (χ2n) is 11.5. The van der Waals surface area contributed by atoms with Crippen LogP contribution in [0.5, 0.6) is 5.75 Å². The third-order valence-corrected chi connectivity index (χ3v) is 7.65. The van der Waals surface area contributed by atoms with Gasteiger partial charge in [-0.25, -0.2) is 0 Å². The number of rotatable bonds is 19. The van der Waals surface area contributed by atoms with Crippen molar-refractivity contribution in [1.82, 2.24) is 20.9 Å². The third-order valence-electron chi connectivity index (χ3n) is 7.65. The number of H-pyrrole nitrogens is 1. The van der Waals surface area contributed by atoms with Crippen LogP contribution in [0.1, 0.15) is 36.8 Å². The molecule has 2 aromatic carbocycles. The molecule has 0 bridgehead atoms. The van der Waals surface area contributed by atoms with Gasteiger partial charge >= 0.3 is 0 Å². The van der Waals surface area contributed by atoms with Gasteiger partial charge in [0.1, 0.15) is 23.9 Å². The molecule has 0 spiro atoms. The molecular weight excluding hydrogens is 632 g/mol. The molecule has 3 rings (SSSR count). The van der Waals surface area contributed by atoms with Crippen LogP contribution in [0.4, 0.5) is 0 Å². The predicted molar refractivity (Wildman–Crippen MR) is 187 cm³/mol. The number of carbonyl (C=O) groups excluding carboxylic acids is 4. The summed E-state index contributed by atoms with van der Waals surface area (Å²) in [5, 5.41) is 18.5. The number of hydrogen-bond donors (Lipinski definition) is 11. The standard InChI is InChI=1S/C32H46N12O5/c33-22(6-3-13-39-31(35)36)28(47)44-26(16-19-17-41-23-7-2-1-5-21(19)23)30(49)42-24(8-4-14-40-32(37)38)29(48)43-25(27(34)46)15-18-9-11-20(45)12-10-18/h1-2,5,7,9-12,17,22,24-26,41,45H,3-4,6,8,13-16,33H2,(H2,34,46)(H,42,49)(H,43,48)(H,44,47)(H4,35,36,39)(H4,37,38,40)/t22-,24-,25-,26-/m0/s1. The molecule has 1 aromatic heterocycles. The number of nitrogens with one attached hydrogen (secondary N) is 4. The maximum absolute atomic E-state index is 13.9. The first-order valence-corrected chi connectivity index (χ1v) is 15.7. The van der Waals surface area contributed by atoms with Gasteiger partial charge in [0.15, 0.2) is 11.9 Å². The summed E-state index contributed by atoms with van der Waals surface area (Å²) in [4.78, 5) is 64.0. The summed E-state index contributed by atoms with van der Waals surface area (Å²) in [6.45, 7) is 0.442. The van der Waals surface area contributed by atoms with Gasteiger partial charge in [0, 0.05) is 43.0 Å². The topological polar surface area (TPSA) is 321 Å². The van der Waals surface area contributed by atoms with Gasteiger partial charge in [-0.15, -0.1) is 0 Å². The van der Waals surface area contributed by atoms with Crippen molar-refractivity contribution < 1.29 is 24.3 Å². The van der Waals surface area contributed by atoms with Crippen LogP contribution >= 0.6 is 0 Å². The summed E-state index contributed by atoms with van der Waals surface area (Å²) in [5.41, 5.74) is 35.6. The molecule has 0 fully saturated rings. The van der Waals surface area contributed by atoms with Crippen LogP contribution in [0.25, 0.3) is 10.9 Å². The minimum atomic E-state index is -1.17. The molecule has 17 heteroatoms. The van der Waals surface area contributed by atoms with Crippen molar-refractivity contribution in [3.63, 3.8) is 0 Å². The summed E-state index contributed by atoms with van der Waals surface area (Å²) in [5.74, 6) is -2.91. The van der Waals surface area contributed by atoms with Crippen LogP contribution in [-0.2, 0) is 32.0 Å².